The highest BCUT2D eigenvalue weighted by molar-refractivity contribution is 6.32. The number of hydrogen-bond donors (Lipinski definition) is 1. The van der Waals surface area contributed by atoms with Gasteiger partial charge in [-0.15, -0.1) is 0 Å². The fraction of sp³-hybridized carbons (Fsp3) is 0.368. The Balaban J connectivity index is 2.18. The van der Waals surface area contributed by atoms with Crippen LogP contribution in [0, 0.1) is 0 Å². The Labute approximate surface area is 170 Å². The highest BCUT2D eigenvalue weighted by atomic mass is 35.5. The molecule has 0 radical (unpaired) electrons. The van der Waals surface area contributed by atoms with Gasteiger partial charge in [0.25, 0.3) is 0 Å². The monoisotopic (exact) mass is 430 g/mol. The molecule has 2 heterocycles. The summed E-state index contributed by atoms with van der Waals surface area (Å²) in [4.78, 5) is 16.2. The lowest BCUT2D eigenvalue weighted by molar-refractivity contribution is -0.137. The number of carbonyl (C=O) groups is 1. The Hall–Kier alpha value is -2.68. The zero-order valence-electron chi connectivity index (χ0n) is 15.8. The minimum Gasteiger partial charge on any atom is -0.481 e. The van der Waals surface area contributed by atoms with Crippen LogP contribution in [0.4, 0.5) is 18.0 Å². The largest absolute Gasteiger partial charge is 0.513 e. The Bertz CT molecular complexity index is 938. The molecule has 1 unspecified atom stereocenters. The lowest BCUT2D eigenvalue weighted by atomic mass is 9.84. The molecule has 1 N–H and O–H groups in total. The second kappa shape index (κ2) is 7.98. The van der Waals surface area contributed by atoms with E-state index in [1.54, 1.807) is 13.8 Å². The second-order valence-corrected chi connectivity index (χ2v) is 6.63. The van der Waals surface area contributed by atoms with Crippen LogP contribution in [0.1, 0.15) is 30.9 Å². The number of nitrogens with one attached hydrogen (secondary N) is 1. The zero-order valence-corrected chi connectivity index (χ0v) is 16.6. The van der Waals surface area contributed by atoms with Gasteiger partial charge >= 0.3 is 12.3 Å². The van der Waals surface area contributed by atoms with Crippen LogP contribution >= 0.6 is 11.6 Å². The summed E-state index contributed by atoms with van der Waals surface area (Å²) in [6.45, 7) is 3.57. The van der Waals surface area contributed by atoms with Gasteiger partial charge in [0.1, 0.15) is 5.76 Å². The third-order valence-electron chi connectivity index (χ3n) is 4.49. The summed E-state index contributed by atoms with van der Waals surface area (Å²) in [5.74, 6) is -0.648. The molecule has 0 bridgehead atoms. The van der Waals surface area contributed by atoms with Crippen molar-refractivity contribution < 1.29 is 32.2 Å². The van der Waals surface area contributed by atoms with E-state index in [9.17, 15) is 18.0 Å². The molecular formula is C19H18ClF3N2O4. The first-order chi connectivity index (χ1) is 13.7. The third kappa shape index (κ3) is 3.91. The van der Waals surface area contributed by atoms with Gasteiger partial charge in [-0.1, -0.05) is 23.7 Å². The van der Waals surface area contributed by atoms with Crippen molar-refractivity contribution in [3.05, 3.63) is 57.1 Å². The van der Waals surface area contributed by atoms with Crippen molar-refractivity contribution in [1.82, 2.24) is 5.32 Å². The molecule has 0 fully saturated rings. The van der Waals surface area contributed by atoms with Crippen LogP contribution in [-0.2, 0) is 20.4 Å². The van der Waals surface area contributed by atoms with Gasteiger partial charge in [0, 0.05) is 5.70 Å². The normalized spacial score (nSPS) is 18.9. The van der Waals surface area contributed by atoms with Crippen LogP contribution in [0.2, 0.25) is 5.02 Å². The van der Waals surface area contributed by atoms with Gasteiger partial charge in [-0.25, -0.2) is 9.79 Å². The van der Waals surface area contributed by atoms with Gasteiger partial charge in [0.15, 0.2) is 0 Å². The van der Waals surface area contributed by atoms with E-state index < -0.39 is 28.8 Å². The Morgan fingerprint density at radius 3 is 2.72 bits per heavy atom. The molecule has 0 saturated heterocycles. The van der Waals surface area contributed by atoms with E-state index in [-0.39, 0.29) is 30.4 Å². The van der Waals surface area contributed by atoms with Crippen molar-refractivity contribution in [2.24, 2.45) is 4.99 Å². The molecule has 2 aliphatic rings. The van der Waals surface area contributed by atoms with Crippen molar-refractivity contribution in [3.8, 4) is 0 Å². The summed E-state index contributed by atoms with van der Waals surface area (Å²) in [6, 6.07) is 3.60. The summed E-state index contributed by atoms with van der Waals surface area (Å²) >= 11 is 6.18. The summed E-state index contributed by atoms with van der Waals surface area (Å²) in [6.07, 6.45) is -5.62. The quantitative estimate of drug-likeness (QED) is 0.700. The summed E-state index contributed by atoms with van der Waals surface area (Å²) in [5.41, 5.74) is 0.649. The Morgan fingerprint density at radius 2 is 2.10 bits per heavy atom. The van der Waals surface area contributed by atoms with E-state index in [0.29, 0.717) is 17.0 Å². The average molecular weight is 431 g/mol. The molecule has 29 heavy (non-hydrogen) atoms. The number of aliphatic imine (C=N–C) groups is 1. The van der Waals surface area contributed by atoms with Gasteiger partial charge in [-0.3, -0.25) is 0 Å². The fourth-order valence-corrected chi connectivity index (χ4v) is 3.67. The predicted octanol–water partition coefficient (Wildman–Crippen LogP) is 4.76. The average Bonchev–Trinajstić information content (AvgIpc) is 3.04. The number of benzene rings is 1. The lowest BCUT2D eigenvalue weighted by Crippen LogP contribution is -2.30. The van der Waals surface area contributed by atoms with E-state index in [1.165, 1.54) is 19.2 Å². The number of halogens is 4. The van der Waals surface area contributed by atoms with Gasteiger partial charge < -0.3 is 19.5 Å². The van der Waals surface area contributed by atoms with Crippen molar-refractivity contribution in [2.45, 2.75) is 25.9 Å². The maximum atomic E-state index is 13.4. The molecule has 1 atom stereocenters. The zero-order chi connectivity index (χ0) is 21.3. The summed E-state index contributed by atoms with van der Waals surface area (Å²) in [7, 11) is 1.40. The van der Waals surface area contributed by atoms with E-state index in [4.69, 9.17) is 25.8 Å². The highest BCUT2D eigenvalue weighted by Gasteiger charge is 2.42. The molecule has 6 nitrogen and oxygen atoms in total. The Morgan fingerprint density at radius 1 is 1.38 bits per heavy atom. The first kappa shape index (κ1) is 21.0. The van der Waals surface area contributed by atoms with E-state index >= 15 is 0 Å². The second-order valence-electron chi connectivity index (χ2n) is 6.26. The van der Waals surface area contributed by atoms with Crippen LogP contribution in [0.25, 0.3) is 0 Å². The van der Waals surface area contributed by atoms with Crippen molar-refractivity contribution in [2.75, 3.05) is 20.3 Å². The SMILES string of the molecule is CCOC(=O)OC1=C(C)NC2=C(C(OC)=NC2)C1c1cccc(C(F)(F)F)c1Cl. The minimum absolute atomic E-state index is 0.0649. The summed E-state index contributed by atoms with van der Waals surface area (Å²) in [5, 5.41) is 2.58. The number of alkyl halides is 3. The Kier molecular flexibility index (Phi) is 5.79. The molecule has 0 spiro atoms. The maximum absolute atomic E-state index is 13.4. The van der Waals surface area contributed by atoms with Crippen LogP contribution < -0.4 is 5.32 Å². The van der Waals surface area contributed by atoms with Crippen LogP contribution in [0.3, 0.4) is 0 Å². The number of hydrogen-bond acceptors (Lipinski definition) is 6. The van der Waals surface area contributed by atoms with Crippen LogP contribution in [0.5, 0.6) is 0 Å². The smallest absolute Gasteiger partial charge is 0.481 e. The number of carbonyl (C=O) groups excluding carboxylic acids is 1. The number of rotatable bonds is 3. The maximum Gasteiger partial charge on any atom is 0.513 e. The van der Waals surface area contributed by atoms with E-state index in [2.05, 4.69) is 10.3 Å². The molecule has 1 aromatic rings. The number of nitrogens with zero attached hydrogens (tertiary/aromatic N) is 1. The third-order valence-corrected chi connectivity index (χ3v) is 4.91. The summed E-state index contributed by atoms with van der Waals surface area (Å²) < 4.78 is 55.7. The molecule has 10 heteroatoms. The molecule has 0 saturated carbocycles. The van der Waals surface area contributed by atoms with Crippen molar-refractivity contribution >= 4 is 23.7 Å². The predicted molar refractivity (Wildman–Crippen MR) is 99.5 cm³/mol. The first-order valence-corrected chi connectivity index (χ1v) is 9.06. The standard InChI is InChI=1S/C19H18ClF3N2O4/c1-4-28-18(26)29-16-9(2)25-12-8-24-17(27-3)14(12)13(16)10-6-5-7-11(15(10)20)19(21,22)23/h5-7,13,25H,4,8H2,1-3H3. The van der Waals surface area contributed by atoms with Gasteiger partial charge in [0.2, 0.25) is 5.90 Å². The highest BCUT2D eigenvalue weighted by Crippen LogP contribution is 2.46. The molecule has 0 amide bonds. The van der Waals surface area contributed by atoms with E-state index in [0.717, 1.165) is 6.07 Å². The lowest BCUT2D eigenvalue weighted by Gasteiger charge is -2.30. The topological polar surface area (TPSA) is 69.2 Å². The van der Waals surface area contributed by atoms with E-state index in [1.807, 2.05) is 0 Å². The molecule has 0 aliphatic carbocycles. The minimum atomic E-state index is -4.65. The first-order valence-electron chi connectivity index (χ1n) is 8.68. The molecular weight excluding hydrogens is 413 g/mol. The molecule has 2 aliphatic heterocycles. The van der Waals surface area contributed by atoms with Gasteiger partial charge in [-0.05, 0) is 25.5 Å². The van der Waals surface area contributed by atoms with Crippen LogP contribution in [-0.4, -0.2) is 32.3 Å². The molecule has 156 valence electrons. The molecule has 0 aromatic heterocycles. The molecule has 1 aromatic carbocycles. The van der Waals surface area contributed by atoms with Crippen molar-refractivity contribution in [1.29, 1.82) is 0 Å². The number of methoxy groups -OCH3 is 1. The molecule has 3 rings (SSSR count). The number of allylic oxidation sites excluding steroid dienone is 2. The fourth-order valence-electron chi connectivity index (χ4n) is 3.33. The number of dihydropyridines is 1. The van der Waals surface area contributed by atoms with Gasteiger partial charge in [-0.2, -0.15) is 13.2 Å². The van der Waals surface area contributed by atoms with Crippen LogP contribution in [0.15, 0.2) is 45.9 Å². The van der Waals surface area contributed by atoms with Crippen molar-refractivity contribution in [3.63, 3.8) is 0 Å². The number of ether oxygens (including phenoxy) is 3. The van der Waals surface area contributed by atoms with Gasteiger partial charge in [0.05, 0.1) is 48.0 Å².